The maximum Gasteiger partial charge on any atom is 0.262 e. The highest BCUT2D eigenvalue weighted by atomic mass is 16.1. The molecule has 0 unspecified atom stereocenters. The van der Waals surface area contributed by atoms with Crippen LogP contribution in [0, 0.1) is 6.92 Å². The second kappa shape index (κ2) is 1.95. The zero-order chi connectivity index (χ0) is 7.84. The van der Waals surface area contributed by atoms with Gasteiger partial charge in [0.15, 0.2) is 5.65 Å². The topological polar surface area (TPSA) is 50.2 Å². The van der Waals surface area contributed by atoms with Gasteiger partial charge >= 0.3 is 0 Å². The Kier molecular flexibility index (Phi) is 1.09. The van der Waals surface area contributed by atoms with Crippen LogP contribution in [0.1, 0.15) is 5.69 Å². The van der Waals surface area contributed by atoms with Gasteiger partial charge in [-0.3, -0.25) is 9.89 Å². The molecule has 4 nitrogen and oxygen atoms in total. The third kappa shape index (κ3) is 0.832. The van der Waals surface area contributed by atoms with E-state index in [1.165, 1.54) is 6.07 Å². The number of rotatable bonds is 0. The second-order valence-corrected chi connectivity index (χ2v) is 2.40. The van der Waals surface area contributed by atoms with Crippen molar-refractivity contribution in [2.24, 2.45) is 0 Å². The Hall–Kier alpha value is -1.58. The molecule has 0 radical (unpaired) electrons. The summed E-state index contributed by atoms with van der Waals surface area (Å²) in [5, 5.41) is 2.64. The van der Waals surface area contributed by atoms with Crippen LogP contribution in [0.2, 0.25) is 0 Å². The van der Waals surface area contributed by atoms with E-state index in [0.29, 0.717) is 0 Å². The number of hydrogen-bond acceptors (Lipinski definition) is 2. The molecule has 2 aromatic heterocycles. The van der Waals surface area contributed by atoms with Crippen molar-refractivity contribution >= 4 is 5.65 Å². The van der Waals surface area contributed by atoms with Crippen molar-refractivity contribution in [3.63, 3.8) is 0 Å². The van der Waals surface area contributed by atoms with E-state index in [2.05, 4.69) is 10.1 Å². The Morgan fingerprint density at radius 3 is 3.18 bits per heavy atom. The van der Waals surface area contributed by atoms with Gasteiger partial charge in [0, 0.05) is 6.07 Å². The van der Waals surface area contributed by atoms with E-state index in [9.17, 15) is 4.79 Å². The molecule has 0 fully saturated rings. The first-order valence-electron chi connectivity index (χ1n) is 3.31. The van der Waals surface area contributed by atoms with Crippen LogP contribution >= 0.6 is 0 Å². The molecule has 2 heterocycles. The molecule has 11 heavy (non-hydrogen) atoms. The molecule has 56 valence electrons. The van der Waals surface area contributed by atoms with Crippen LogP contribution in [0.25, 0.3) is 5.65 Å². The van der Waals surface area contributed by atoms with Crippen molar-refractivity contribution in [3.8, 4) is 0 Å². The highest BCUT2D eigenvalue weighted by molar-refractivity contribution is 5.36. The molecule has 0 spiro atoms. The minimum atomic E-state index is -0.112. The third-order valence-corrected chi connectivity index (χ3v) is 1.57. The van der Waals surface area contributed by atoms with Gasteiger partial charge in [0.05, 0.1) is 11.9 Å². The molecule has 0 atom stereocenters. The van der Waals surface area contributed by atoms with Crippen LogP contribution in [0.3, 0.4) is 0 Å². The van der Waals surface area contributed by atoms with Crippen LogP contribution in [-0.4, -0.2) is 14.6 Å². The van der Waals surface area contributed by atoms with Crippen molar-refractivity contribution in [2.75, 3.05) is 0 Å². The Morgan fingerprint density at radius 2 is 2.36 bits per heavy atom. The van der Waals surface area contributed by atoms with Crippen LogP contribution in [0.4, 0.5) is 0 Å². The quantitative estimate of drug-likeness (QED) is 0.586. The molecule has 0 aliphatic carbocycles. The van der Waals surface area contributed by atoms with Gasteiger partial charge in [0.25, 0.3) is 5.56 Å². The van der Waals surface area contributed by atoms with Crippen LogP contribution in [-0.2, 0) is 0 Å². The molecule has 0 aliphatic rings. The van der Waals surface area contributed by atoms with Crippen molar-refractivity contribution in [2.45, 2.75) is 6.92 Å². The molecule has 2 rings (SSSR count). The number of aromatic nitrogens is 3. The Morgan fingerprint density at radius 1 is 1.55 bits per heavy atom. The summed E-state index contributed by atoms with van der Waals surface area (Å²) in [7, 11) is 0. The Labute approximate surface area is 62.5 Å². The van der Waals surface area contributed by atoms with Crippen molar-refractivity contribution in [1.29, 1.82) is 0 Å². The fraction of sp³-hybridized carbons (Fsp3) is 0.143. The number of nitrogens with zero attached hydrogens (tertiary/aromatic N) is 2. The standard InChI is InChI=1S/C7H7N3O/c1-5-4-8-6-2-3-7(11)9-10(5)6/h2-4H,1H3,(H,9,11). The fourth-order valence-electron chi connectivity index (χ4n) is 1.02. The summed E-state index contributed by atoms with van der Waals surface area (Å²) in [6.45, 7) is 1.88. The van der Waals surface area contributed by atoms with Gasteiger partial charge in [-0.2, -0.15) is 0 Å². The molecular weight excluding hydrogens is 142 g/mol. The summed E-state index contributed by atoms with van der Waals surface area (Å²) in [6, 6.07) is 3.15. The molecule has 4 heteroatoms. The van der Waals surface area contributed by atoms with Crippen molar-refractivity contribution in [3.05, 3.63) is 34.4 Å². The molecule has 2 aromatic rings. The van der Waals surface area contributed by atoms with Gasteiger partial charge in [-0.1, -0.05) is 0 Å². The van der Waals surface area contributed by atoms with Crippen LogP contribution in [0.15, 0.2) is 23.1 Å². The van der Waals surface area contributed by atoms with Gasteiger partial charge in [0.2, 0.25) is 0 Å². The number of imidazole rings is 1. The smallest absolute Gasteiger partial charge is 0.262 e. The van der Waals surface area contributed by atoms with Gasteiger partial charge in [-0.25, -0.2) is 9.50 Å². The largest absolute Gasteiger partial charge is 0.268 e. The van der Waals surface area contributed by atoms with E-state index < -0.39 is 0 Å². The molecule has 0 saturated heterocycles. The molecule has 0 amide bonds. The molecular formula is C7H7N3O. The number of aryl methyl sites for hydroxylation is 1. The zero-order valence-electron chi connectivity index (χ0n) is 6.03. The molecule has 0 saturated carbocycles. The lowest BCUT2D eigenvalue weighted by molar-refractivity contribution is 0.873. The minimum absolute atomic E-state index is 0.112. The highest BCUT2D eigenvalue weighted by Crippen LogP contribution is 1.98. The lowest BCUT2D eigenvalue weighted by atomic mass is 10.5. The summed E-state index contributed by atoms with van der Waals surface area (Å²) in [5.74, 6) is 0. The summed E-state index contributed by atoms with van der Waals surface area (Å²) in [4.78, 5) is 14.9. The maximum absolute atomic E-state index is 10.8. The number of aromatic amines is 1. The SMILES string of the molecule is Cc1cnc2ccc(=O)[nH]n12. The Bertz CT molecular complexity index is 440. The monoisotopic (exact) mass is 149 g/mol. The second-order valence-electron chi connectivity index (χ2n) is 2.40. The van der Waals surface area contributed by atoms with Crippen molar-refractivity contribution in [1.82, 2.24) is 14.6 Å². The molecule has 0 aliphatic heterocycles. The lowest BCUT2D eigenvalue weighted by Crippen LogP contribution is -2.09. The fourth-order valence-corrected chi connectivity index (χ4v) is 1.02. The molecule has 1 N–H and O–H groups in total. The maximum atomic E-state index is 10.8. The summed E-state index contributed by atoms with van der Waals surface area (Å²) in [6.07, 6.45) is 1.71. The van der Waals surface area contributed by atoms with E-state index in [1.807, 2.05) is 6.92 Å². The number of H-pyrrole nitrogens is 1. The lowest BCUT2D eigenvalue weighted by Gasteiger charge is -1.92. The van der Waals surface area contributed by atoms with E-state index in [4.69, 9.17) is 0 Å². The van der Waals surface area contributed by atoms with Crippen LogP contribution < -0.4 is 5.56 Å². The minimum Gasteiger partial charge on any atom is -0.268 e. The van der Waals surface area contributed by atoms with Crippen LogP contribution in [0.5, 0.6) is 0 Å². The van der Waals surface area contributed by atoms with Gasteiger partial charge in [-0.15, -0.1) is 0 Å². The number of fused-ring (bicyclic) bond motifs is 1. The van der Waals surface area contributed by atoms with Gasteiger partial charge < -0.3 is 0 Å². The number of nitrogens with one attached hydrogen (secondary N) is 1. The van der Waals surface area contributed by atoms with E-state index in [0.717, 1.165) is 11.3 Å². The Balaban J connectivity index is 2.98. The van der Waals surface area contributed by atoms with Crippen molar-refractivity contribution < 1.29 is 0 Å². The normalized spacial score (nSPS) is 10.6. The summed E-state index contributed by atoms with van der Waals surface area (Å²) >= 11 is 0. The predicted molar refractivity (Wildman–Crippen MR) is 40.5 cm³/mol. The first-order chi connectivity index (χ1) is 5.27. The third-order valence-electron chi connectivity index (χ3n) is 1.57. The average molecular weight is 149 g/mol. The average Bonchev–Trinajstić information content (AvgIpc) is 2.33. The zero-order valence-corrected chi connectivity index (χ0v) is 6.03. The van der Waals surface area contributed by atoms with E-state index in [1.54, 1.807) is 16.8 Å². The summed E-state index contributed by atoms with van der Waals surface area (Å²) in [5.41, 5.74) is 1.58. The first kappa shape index (κ1) is 6.15. The van der Waals surface area contributed by atoms with Gasteiger partial charge in [-0.05, 0) is 13.0 Å². The molecule has 0 bridgehead atoms. The van der Waals surface area contributed by atoms with E-state index >= 15 is 0 Å². The van der Waals surface area contributed by atoms with E-state index in [-0.39, 0.29) is 5.56 Å². The molecule has 0 aromatic carbocycles. The highest BCUT2D eigenvalue weighted by Gasteiger charge is 1.96. The predicted octanol–water partition coefficient (Wildman–Crippen LogP) is 0.331. The first-order valence-corrected chi connectivity index (χ1v) is 3.31. The van der Waals surface area contributed by atoms with Gasteiger partial charge in [0.1, 0.15) is 0 Å². The summed E-state index contributed by atoms with van der Waals surface area (Å²) < 4.78 is 1.66. The number of hydrogen-bond donors (Lipinski definition) is 1.